The van der Waals surface area contributed by atoms with Gasteiger partial charge in [-0.25, -0.2) is 8.42 Å². The third kappa shape index (κ3) is 4.22. The van der Waals surface area contributed by atoms with Gasteiger partial charge in [-0.05, 0) is 43.7 Å². The molecule has 7 nitrogen and oxygen atoms in total. The molecule has 0 atom stereocenters. The Bertz CT molecular complexity index is 1030. The van der Waals surface area contributed by atoms with Crippen LogP contribution in [-0.4, -0.2) is 31.9 Å². The summed E-state index contributed by atoms with van der Waals surface area (Å²) in [6.45, 7) is 1.87. The van der Waals surface area contributed by atoms with Gasteiger partial charge in [-0.15, -0.1) is 0 Å². The Balaban J connectivity index is 1.56. The van der Waals surface area contributed by atoms with E-state index >= 15 is 0 Å². The monoisotopic (exact) mass is 386 g/mol. The molecular formula is C19H18N2O5S. The minimum atomic E-state index is -3.44. The van der Waals surface area contributed by atoms with Crippen molar-refractivity contribution in [3.63, 3.8) is 0 Å². The summed E-state index contributed by atoms with van der Waals surface area (Å²) in [6.07, 6.45) is 0.194. The summed E-state index contributed by atoms with van der Waals surface area (Å²) < 4.78 is 24.5. The van der Waals surface area contributed by atoms with E-state index in [1.54, 1.807) is 24.3 Å². The smallest absolute Gasteiger partial charge is 0.259 e. The van der Waals surface area contributed by atoms with E-state index in [9.17, 15) is 22.8 Å². The maximum atomic E-state index is 12.3. The Labute approximate surface area is 156 Å². The predicted octanol–water partition coefficient (Wildman–Crippen LogP) is 2.07. The molecule has 27 heavy (non-hydrogen) atoms. The molecule has 1 aliphatic rings. The van der Waals surface area contributed by atoms with Gasteiger partial charge in [0.05, 0.1) is 21.8 Å². The number of carbonyl (C=O) groups is 3. The Morgan fingerprint density at radius 3 is 2.37 bits per heavy atom. The van der Waals surface area contributed by atoms with Crippen molar-refractivity contribution in [1.29, 1.82) is 0 Å². The number of fused-ring (bicyclic) bond motifs is 1. The van der Waals surface area contributed by atoms with E-state index in [0.29, 0.717) is 5.69 Å². The van der Waals surface area contributed by atoms with E-state index in [2.05, 4.69) is 10.6 Å². The Morgan fingerprint density at radius 1 is 1.00 bits per heavy atom. The van der Waals surface area contributed by atoms with E-state index in [1.165, 1.54) is 18.2 Å². The number of hydrogen-bond donors (Lipinski definition) is 2. The minimum Gasteiger partial charge on any atom is -0.326 e. The number of amides is 3. The van der Waals surface area contributed by atoms with Crippen LogP contribution in [0.25, 0.3) is 0 Å². The first-order chi connectivity index (χ1) is 12.8. The maximum absolute atomic E-state index is 12.3. The quantitative estimate of drug-likeness (QED) is 0.739. The average molecular weight is 386 g/mol. The SMILES string of the molecule is Cc1ccc(S(=O)(=O)CCCC(=O)Nc2ccc3c(c2)C(=O)NC3=O)cc1. The van der Waals surface area contributed by atoms with Crippen LogP contribution in [0.4, 0.5) is 5.69 Å². The van der Waals surface area contributed by atoms with Gasteiger partial charge in [-0.1, -0.05) is 17.7 Å². The number of rotatable bonds is 6. The van der Waals surface area contributed by atoms with Crippen molar-refractivity contribution in [1.82, 2.24) is 5.32 Å². The van der Waals surface area contributed by atoms with Crippen molar-refractivity contribution < 1.29 is 22.8 Å². The molecule has 140 valence electrons. The summed E-state index contributed by atoms with van der Waals surface area (Å²) in [5, 5.41) is 4.79. The summed E-state index contributed by atoms with van der Waals surface area (Å²) in [6, 6.07) is 11.0. The minimum absolute atomic E-state index is 0.0211. The molecule has 0 unspecified atom stereocenters. The molecule has 8 heteroatoms. The highest BCUT2D eigenvalue weighted by atomic mass is 32.2. The number of aryl methyl sites for hydroxylation is 1. The van der Waals surface area contributed by atoms with Crippen molar-refractivity contribution in [3.8, 4) is 0 Å². The molecular weight excluding hydrogens is 368 g/mol. The molecule has 0 radical (unpaired) electrons. The van der Waals surface area contributed by atoms with Gasteiger partial charge in [0, 0.05) is 12.1 Å². The zero-order valence-corrected chi connectivity index (χ0v) is 15.4. The molecule has 2 aromatic rings. The lowest BCUT2D eigenvalue weighted by molar-refractivity contribution is -0.116. The van der Waals surface area contributed by atoms with E-state index in [4.69, 9.17) is 0 Å². The second-order valence-corrected chi connectivity index (χ2v) is 8.44. The fourth-order valence-electron chi connectivity index (χ4n) is 2.76. The van der Waals surface area contributed by atoms with Crippen LogP contribution in [0, 0.1) is 6.92 Å². The molecule has 2 aromatic carbocycles. The topological polar surface area (TPSA) is 109 Å². The van der Waals surface area contributed by atoms with E-state index in [1.807, 2.05) is 6.92 Å². The van der Waals surface area contributed by atoms with Crippen LogP contribution >= 0.6 is 0 Å². The predicted molar refractivity (Wildman–Crippen MR) is 99.3 cm³/mol. The number of benzene rings is 2. The second-order valence-electron chi connectivity index (χ2n) is 6.33. The van der Waals surface area contributed by atoms with Crippen LogP contribution in [0.3, 0.4) is 0 Å². The lowest BCUT2D eigenvalue weighted by Gasteiger charge is -2.07. The molecule has 0 saturated heterocycles. The third-order valence-corrected chi connectivity index (χ3v) is 6.03. The van der Waals surface area contributed by atoms with Crippen LogP contribution in [0.1, 0.15) is 39.1 Å². The molecule has 3 amide bonds. The van der Waals surface area contributed by atoms with Gasteiger partial charge in [-0.2, -0.15) is 0 Å². The third-order valence-electron chi connectivity index (χ3n) is 4.22. The maximum Gasteiger partial charge on any atom is 0.259 e. The zero-order valence-electron chi connectivity index (χ0n) is 14.6. The highest BCUT2D eigenvalue weighted by Gasteiger charge is 2.26. The van der Waals surface area contributed by atoms with Gasteiger partial charge in [0.15, 0.2) is 9.84 Å². The van der Waals surface area contributed by atoms with Gasteiger partial charge < -0.3 is 5.32 Å². The van der Waals surface area contributed by atoms with Crippen LogP contribution in [0.5, 0.6) is 0 Å². The molecule has 0 fully saturated rings. The van der Waals surface area contributed by atoms with Gasteiger partial charge in [0.1, 0.15) is 0 Å². The molecule has 3 rings (SSSR count). The van der Waals surface area contributed by atoms with Crippen molar-refractivity contribution in [2.24, 2.45) is 0 Å². The first-order valence-corrected chi connectivity index (χ1v) is 10.0. The highest BCUT2D eigenvalue weighted by Crippen LogP contribution is 2.20. The lowest BCUT2D eigenvalue weighted by atomic mass is 10.1. The van der Waals surface area contributed by atoms with E-state index < -0.39 is 21.7 Å². The van der Waals surface area contributed by atoms with E-state index in [0.717, 1.165) is 5.56 Å². The molecule has 0 bridgehead atoms. The van der Waals surface area contributed by atoms with Gasteiger partial charge in [-0.3, -0.25) is 19.7 Å². The normalized spacial score (nSPS) is 13.2. The van der Waals surface area contributed by atoms with Crippen LogP contribution < -0.4 is 10.6 Å². The van der Waals surface area contributed by atoms with Crippen molar-refractivity contribution in [2.75, 3.05) is 11.1 Å². The average Bonchev–Trinajstić information content (AvgIpc) is 2.89. The van der Waals surface area contributed by atoms with Crippen LogP contribution in [-0.2, 0) is 14.6 Å². The van der Waals surface area contributed by atoms with E-state index in [-0.39, 0.29) is 40.5 Å². The summed E-state index contributed by atoms with van der Waals surface area (Å²) in [7, 11) is -3.44. The Morgan fingerprint density at radius 2 is 1.67 bits per heavy atom. The number of hydrogen-bond acceptors (Lipinski definition) is 5. The van der Waals surface area contributed by atoms with Crippen molar-refractivity contribution in [2.45, 2.75) is 24.7 Å². The Kier molecular flexibility index (Phi) is 5.09. The summed E-state index contributed by atoms with van der Waals surface area (Å²) >= 11 is 0. The first kappa shape index (κ1) is 18.8. The standard InChI is InChI=1S/C19H18N2O5S/c1-12-4-7-14(8-5-12)27(25,26)10-2-3-17(22)20-13-6-9-15-16(11-13)19(24)21-18(15)23/h4-9,11H,2-3,10H2,1H3,(H,20,22)(H,21,23,24). The molecule has 0 saturated carbocycles. The number of imide groups is 1. The molecule has 0 aromatic heterocycles. The summed E-state index contributed by atoms with van der Waals surface area (Å²) in [4.78, 5) is 35.4. The van der Waals surface area contributed by atoms with Crippen molar-refractivity contribution >= 4 is 33.2 Å². The number of anilines is 1. The highest BCUT2D eigenvalue weighted by molar-refractivity contribution is 7.91. The largest absolute Gasteiger partial charge is 0.326 e. The van der Waals surface area contributed by atoms with Crippen molar-refractivity contribution in [3.05, 3.63) is 59.2 Å². The molecule has 0 spiro atoms. The first-order valence-electron chi connectivity index (χ1n) is 8.35. The summed E-state index contributed by atoms with van der Waals surface area (Å²) in [5.74, 6) is -1.46. The molecule has 1 heterocycles. The number of carbonyl (C=O) groups excluding carboxylic acids is 3. The number of sulfone groups is 1. The van der Waals surface area contributed by atoms with Gasteiger partial charge in [0.25, 0.3) is 11.8 Å². The van der Waals surface area contributed by atoms with Crippen LogP contribution in [0.2, 0.25) is 0 Å². The molecule has 0 aliphatic carbocycles. The second kappa shape index (κ2) is 7.32. The summed E-state index contributed by atoms with van der Waals surface area (Å²) in [5.41, 5.74) is 1.82. The zero-order chi connectivity index (χ0) is 19.6. The fraction of sp³-hybridized carbons (Fsp3) is 0.211. The lowest BCUT2D eigenvalue weighted by Crippen LogP contribution is -2.19. The Hall–Kier alpha value is -3.00. The molecule has 2 N–H and O–H groups in total. The molecule has 1 aliphatic heterocycles. The number of nitrogens with one attached hydrogen (secondary N) is 2. The van der Waals surface area contributed by atoms with Gasteiger partial charge in [0.2, 0.25) is 5.91 Å². The fourth-order valence-corrected chi connectivity index (χ4v) is 4.07. The van der Waals surface area contributed by atoms with Crippen LogP contribution in [0.15, 0.2) is 47.4 Å². The van der Waals surface area contributed by atoms with Gasteiger partial charge >= 0.3 is 0 Å².